The molecule has 6 heteroatoms. The molecule has 0 saturated heterocycles. The van der Waals surface area contributed by atoms with Gasteiger partial charge < -0.3 is 13.6 Å². The first-order valence-corrected chi connectivity index (χ1v) is 21.7. The van der Waals surface area contributed by atoms with E-state index in [4.69, 9.17) is 14.4 Å². The first-order chi connectivity index (χ1) is 31.7. The molecule has 6 nitrogen and oxygen atoms in total. The van der Waals surface area contributed by atoms with E-state index in [1.807, 2.05) is 18.2 Å². The molecule has 0 spiro atoms. The van der Waals surface area contributed by atoms with Crippen molar-refractivity contribution in [2.24, 2.45) is 0 Å². The van der Waals surface area contributed by atoms with Crippen LogP contribution in [0, 0.1) is 0 Å². The van der Waals surface area contributed by atoms with Gasteiger partial charge in [-0.2, -0.15) is 0 Å². The van der Waals surface area contributed by atoms with Crippen molar-refractivity contribution in [3.63, 3.8) is 0 Å². The van der Waals surface area contributed by atoms with Crippen molar-refractivity contribution >= 4 is 87.4 Å². The number of benzene rings is 9. The van der Waals surface area contributed by atoms with E-state index in [1.54, 1.807) is 0 Å². The monoisotopic (exact) mass is 817 g/mol. The summed E-state index contributed by atoms with van der Waals surface area (Å²) in [4.78, 5) is 11.0. The highest BCUT2D eigenvalue weighted by Gasteiger charge is 2.24. The summed E-state index contributed by atoms with van der Waals surface area (Å²) >= 11 is 0. The van der Waals surface area contributed by atoms with Crippen LogP contribution in [0.5, 0.6) is 0 Å². The van der Waals surface area contributed by atoms with Crippen LogP contribution in [0.1, 0.15) is 0 Å². The van der Waals surface area contributed by atoms with E-state index < -0.39 is 0 Å². The predicted molar refractivity (Wildman–Crippen MR) is 263 cm³/mol. The number of hydrogen-bond donors (Lipinski definition) is 0. The first kappa shape index (κ1) is 34.9. The molecule has 14 aromatic rings. The van der Waals surface area contributed by atoms with E-state index in [0.29, 0.717) is 5.95 Å². The van der Waals surface area contributed by atoms with Gasteiger partial charge in [0.05, 0.1) is 44.5 Å². The van der Waals surface area contributed by atoms with Gasteiger partial charge in [0.1, 0.15) is 11.2 Å². The molecule has 64 heavy (non-hydrogen) atoms. The minimum Gasteiger partial charge on any atom is -0.456 e. The van der Waals surface area contributed by atoms with Crippen molar-refractivity contribution < 1.29 is 4.42 Å². The molecule has 5 aromatic heterocycles. The quantitative estimate of drug-likeness (QED) is 0.174. The molecule has 5 heterocycles. The summed E-state index contributed by atoms with van der Waals surface area (Å²) in [6, 6.07) is 75.4. The Kier molecular flexibility index (Phi) is 7.30. The Morgan fingerprint density at radius 2 is 0.828 bits per heavy atom. The maximum Gasteiger partial charge on any atom is 0.235 e. The molecule has 0 bridgehead atoms. The Balaban J connectivity index is 1.09. The van der Waals surface area contributed by atoms with E-state index in [-0.39, 0.29) is 0 Å². The predicted octanol–water partition coefficient (Wildman–Crippen LogP) is 15.0. The largest absolute Gasteiger partial charge is 0.456 e. The Labute approximate surface area is 366 Å². The van der Waals surface area contributed by atoms with Crippen LogP contribution < -0.4 is 0 Å². The van der Waals surface area contributed by atoms with Crippen molar-refractivity contribution in [2.75, 3.05) is 0 Å². The van der Waals surface area contributed by atoms with Crippen molar-refractivity contribution in [3.05, 3.63) is 212 Å². The molecule has 0 amide bonds. The molecule has 0 aliphatic rings. The SMILES string of the molecule is c1ccc(-c2cc(-c3ccc4oc5ccccc5c4c3)nc(-n3c4ccccc4c4ccc5c6ccccc6n(-c6ccc7c(c6)c6ccccc6n7-c6ccccc6)c5c43)n2)cc1. The number of furan rings is 1. The molecule has 14 rings (SSSR count). The van der Waals surface area contributed by atoms with Gasteiger partial charge in [0.2, 0.25) is 5.95 Å². The zero-order valence-corrected chi connectivity index (χ0v) is 34.4. The highest BCUT2D eigenvalue weighted by atomic mass is 16.3. The van der Waals surface area contributed by atoms with Crippen LogP contribution >= 0.6 is 0 Å². The van der Waals surface area contributed by atoms with Crippen LogP contribution in [0.15, 0.2) is 217 Å². The van der Waals surface area contributed by atoms with E-state index in [0.717, 1.165) is 99.6 Å². The second-order valence-electron chi connectivity index (χ2n) is 16.6. The Hall–Kier alpha value is -8.74. The summed E-state index contributed by atoms with van der Waals surface area (Å²) in [6.07, 6.45) is 0. The summed E-state index contributed by atoms with van der Waals surface area (Å²) in [5.74, 6) is 0.602. The summed E-state index contributed by atoms with van der Waals surface area (Å²) in [5, 5.41) is 9.16. The second kappa shape index (κ2) is 13.4. The van der Waals surface area contributed by atoms with Gasteiger partial charge in [-0.3, -0.25) is 4.57 Å². The molecule has 0 N–H and O–H groups in total. The normalized spacial score (nSPS) is 12.1. The Morgan fingerprint density at radius 3 is 1.55 bits per heavy atom. The molecule has 0 radical (unpaired) electrons. The number of nitrogens with zero attached hydrogens (tertiary/aromatic N) is 5. The Bertz CT molecular complexity index is 4190. The van der Waals surface area contributed by atoms with E-state index >= 15 is 0 Å². The number of hydrogen-bond acceptors (Lipinski definition) is 3. The van der Waals surface area contributed by atoms with Crippen LogP contribution in [0.3, 0.4) is 0 Å². The third kappa shape index (κ3) is 5.02. The zero-order chi connectivity index (χ0) is 41.9. The van der Waals surface area contributed by atoms with E-state index in [1.165, 1.54) is 21.7 Å². The molecule has 0 atom stereocenters. The maximum absolute atomic E-state index is 6.25. The third-order valence-electron chi connectivity index (χ3n) is 13.1. The van der Waals surface area contributed by atoms with Gasteiger partial charge in [0.15, 0.2) is 0 Å². The fraction of sp³-hybridized carbons (Fsp3) is 0. The summed E-state index contributed by atoms with van der Waals surface area (Å²) in [6.45, 7) is 0. The molecule has 0 unspecified atom stereocenters. The van der Waals surface area contributed by atoms with Crippen LogP contribution in [-0.2, 0) is 0 Å². The molecular weight excluding hydrogens is 783 g/mol. The van der Waals surface area contributed by atoms with Crippen molar-refractivity contribution in [1.82, 2.24) is 23.7 Å². The van der Waals surface area contributed by atoms with Gasteiger partial charge in [-0.25, -0.2) is 9.97 Å². The average Bonchev–Trinajstić information content (AvgIpc) is 4.10. The summed E-state index contributed by atoms with van der Waals surface area (Å²) < 4.78 is 13.4. The van der Waals surface area contributed by atoms with Crippen molar-refractivity contribution in [1.29, 1.82) is 0 Å². The average molecular weight is 818 g/mol. The zero-order valence-electron chi connectivity index (χ0n) is 34.4. The maximum atomic E-state index is 6.25. The molecule has 0 fully saturated rings. The standard InChI is InChI=1S/C58H35N5O/c1-3-15-36(16-4-1)48-35-49(37-27-32-55-47(33-37)43-22-10-14-26-54(43)64-55)60-58(59-48)63-52-25-13-8-20-41(52)45-30-29-44-40-19-7-12-24-51(40)62(56(44)57(45)63)39-28-31-53-46(34-39)42-21-9-11-23-50(42)61(53)38-17-5-2-6-18-38/h1-35H. The highest BCUT2D eigenvalue weighted by molar-refractivity contribution is 6.24. The fourth-order valence-electron chi connectivity index (χ4n) is 10.3. The lowest BCUT2D eigenvalue weighted by Crippen LogP contribution is -2.05. The van der Waals surface area contributed by atoms with E-state index in [9.17, 15) is 0 Å². The van der Waals surface area contributed by atoms with Gasteiger partial charge in [0, 0.05) is 65.6 Å². The smallest absolute Gasteiger partial charge is 0.235 e. The minimum absolute atomic E-state index is 0.602. The summed E-state index contributed by atoms with van der Waals surface area (Å²) in [7, 11) is 0. The lowest BCUT2D eigenvalue weighted by Gasteiger charge is -2.14. The molecule has 0 aliphatic carbocycles. The number of rotatable bonds is 5. The molecule has 0 saturated carbocycles. The van der Waals surface area contributed by atoms with Crippen molar-refractivity contribution in [3.8, 4) is 39.8 Å². The highest BCUT2D eigenvalue weighted by Crippen LogP contribution is 2.43. The minimum atomic E-state index is 0.602. The van der Waals surface area contributed by atoms with Crippen LogP contribution in [0.2, 0.25) is 0 Å². The van der Waals surface area contributed by atoms with Gasteiger partial charge in [-0.1, -0.05) is 133 Å². The molecule has 9 aromatic carbocycles. The topological polar surface area (TPSA) is 53.7 Å². The molecule has 0 aliphatic heterocycles. The Morgan fingerprint density at radius 1 is 0.297 bits per heavy atom. The second-order valence-corrected chi connectivity index (χ2v) is 16.6. The first-order valence-electron chi connectivity index (χ1n) is 21.7. The van der Waals surface area contributed by atoms with Crippen LogP contribution in [0.4, 0.5) is 0 Å². The van der Waals surface area contributed by atoms with Crippen LogP contribution in [-0.4, -0.2) is 23.7 Å². The van der Waals surface area contributed by atoms with Gasteiger partial charge in [-0.15, -0.1) is 0 Å². The van der Waals surface area contributed by atoms with Gasteiger partial charge in [-0.05, 0) is 78.9 Å². The number of para-hydroxylation sites is 5. The number of aromatic nitrogens is 5. The molecule has 298 valence electrons. The third-order valence-corrected chi connectivity index (χ3v) is 13.1. The number of fused-ring (bicyclic) bond motifs is 13. The van der Waals surface area contributed by atoms with Gasteiger partial charge >= 0.3 is 0 Å². The van der Waals surface area contributed by atoms with E-state index in [2.05, 4.69) is 208 Å². The fourth-order valence-corrected chi connectivity index (χ4v) is 10.3. The molecular formula is C58H35N5O. The summed E-state index contributed by atoms with van der Waals surface area (Å²) in [5.41, 5.74) is 14.3. The lowest BCUT2D eigenvalue weighted by atomic mass is 10.0. The van der Waals surface area contributed by atoms with Crippen LogP contribution in [0.25, 0.3) is 127 Å². The van der Waals surface area contributed by atoms with Gasteiger partial charge in [0.25, 0.3) is 0 Å². The lowest BCUT2D eigenvalue weighted by molar-refractivity contribution is 0.669. The van der Waals surface area contributed by atoms with Crippen molar-refractivity contribution in [2.45, 2.75) is 0 Å².